The number of nitrogens with zero attached hydrogens (tertiary/aromatic N) is 4. The summed E-state index contributed by atoms with van der Waals surface area (Å²) in [5.74, 6) is 0.155. The van der Waals surface area contributed by atoms with Crippen molar-refractivity contribution in [1.29, 1.82) is 0 Å². The zero-order valence-electron chi connectivity index (χ0n) is 14.5. The van der Waals surface area contributed by atoms with E-state index in [0.717, 1.165) is 24.0 Å². The monoisotopic (exact) mass is 361 g/mol. The van der Waals surface area contributed by atoms with Crippen molar-refractivity contribution in [2.45, 2.75) is 25.3 Å². The van der Waals surface area contributed by atoms with E-state index in [4.69, 9.17) is 5.73 Å². The van der Waals surface area contributed by atoms with E-state index in [1.165, 1.54) is 8.61 Å². The Morgan fingerprint density at radius 2 is 1.92 bits per heavy atom. The Bertz CT molecular complexity index is 839. The Balaban J connectivity index is 2.12. The third-order valence-electron chi connectivity index (χ3n) is 4.45. The number of nitrogen functional groups attached to an aromatic ring is 1. The van der Waals surface area contributed by atoms with Gasteiger partial charge in [0.05, 0.1) is 11.7 Å². The average molecular weight is 361 g/mol. The van der Waals surface area contributed by atoms with Gasteiger partial charge in [0.2, 0.25) is 5.95 Å². The van der Waals surface area contributed by atoms with Gasteiger partial charge in [0.25, 0.3) is 10.2 Å². The van der Waals surface area contributed by atoms with Gasteiger partial charge in [-0.3, -0.25) is 0 Å². The standard InChI is InChI=1S/C17H23N5O2S/c1-21(2)25(23,24)22-11-7-6-10-15(22)16-14(12-19-17(18)20-16)13-8-4-3-5-9-13/h3-5,8-9,12,15H,6-7,10-11H2,1-2H3,(H2,18,19,20). The first kappa shape index (κ1) is 17.8. The number of hydrogen-bond donors (Lipinski definition) is 1. The molecular formula is C17H23N5O2S. The molecular weight excluding hydrogens is 338 g/mol. The van der Waals surface area contributed by atoms with Crippen LogP contribution >= 0.6 is 0 Å². The minimum Gasteiger partial charge on any atom is -0.368 e. The van der Waals surface area contributed by atoms with Crippen LogP contribution < -0.4 is 5.73 Å². The summed E-state index contributed by atoms with van der Waals surface area (Å²) >= 11 is 0. The van der Waals surface area contributed by atoms with Crippen molar-refractivity contribution in [3.8, 4) is 11.1 Å². The zero-order valence-corrected chi connectivity index (χ0v) is 15.3. The summed E-state index contributed by atoms with van der Waals surface area (Å²) in [6.45, 7) is 0.476. The lowest BCUT2D eigenvalue weighted by atomic mass is 9.95. The van der Waals surface area contributed by atoms with Crippen LogP contribution in [0.3, 0.4) is 0 Å². The van der Waals surface area contributed by atoms with Gasteiger partial charge < -0.3 is 5.73 Å². The molecule has 1 aliphatic rings. The van der Waals surface area contributed by atoms with Crippen LogP contribution in [0, 0.1) is 0 Å². The van der Waals surface area contributed by atoms with Crippen molar-refractivity contribution in [1.82, 2.24) is 18.6 Å². The molecule has 1 aliphatic heterocycles. The third kappa shape index (κ3) is 3.51. The van der Waals surface area contributed by atoms with E-state index in [1.54, 1.807) is 20.3 Å². The number of nitrogens with two attached hydrogens (primary N) is 1. The molecule has 8 heteroatoms. The highest BCUT2D eigenvalue weighted by molar-refractivity contribution is 7.86. The number of rotatable bonds is 4. The fourth-order valence-corrected chi connectivity index (χ4v) is 4.47. The second kappa shape index (κ2) is 7.07. The van der Waals surface area contributed by atoms with Gasteiger partial charge in [-0.2, -0.15) is 17.0 Å². The van der Waals surface area contributed by atoms with Gasteiger partial charge in [0.1, 0.15) is 0 Å². The largest absolute Gasteiger partial charge is 0.368 e. The van der Waals surface area contributed by atoms with Crippen molar-refractivity contribution in [2.75, 3.05) is 26.4 Å². The molecule has 2 N–H and O–H groups in total. The second-order valence-electron chi connectivity index (χ2n) is 6.31. The molecule has 0 radical (unpaired) electrons. The SMILES string of the molecule is CN(C)S(=O)(=O)N1CCCCC1c1nc(N)ncc1-c1ccccc1. The number of benzene rings is 1. The highest BCUT2D eigenvalue weighted by Gasteiger charge is 2.36. The molecule has 0 amide bonds. The molecule has 0 saturated carbocycles. The summed E-state index contributed by atoms with van der Waals surface area (Å²) < 4.78 is 28.3. The lowest BCUT2D eigenvalue weighted by Crippen LogP contribution is -2.45. The van der Waals surface area contributed by atoms with Gasteiger partial charge >= 0.3 is 0 Å². The average Bonchev–Trinajstić information content (AvgIpc) is 2.62. The first-order valence-electron chi connectivity index (χ1n) is 8.28. The summed E-state index contributed by atoms with van der Waals surface area (Å²) in [6, 6.07) is 9.39. The third-order valence-corrected chi connectivity index (χ3v) is 6.40. The molecule has 3 rings (SSSR count). The van der Waals surface area contributed by atoms with Crippen molar-refractivity contribution in [3.63, 3.8) is 0 Å². The van der Waals surface area contributed by atoms with E-state index in [0.29, 0.717) is 18.7 Å². The topological polar surface area (TPSA) is 92.4 Å². The predicted octanol–water partition coefficient (Wildman–Crippen LogP) is 2.06. The van der Waals surface area contributed by atoms with E-state index in [9.17, 15) is 8.42 Å². The van der Waals surface area contributed by atoms with Gasteiger partial charge in [-0.1, -0.05) is 36.8 Å². The van der Waals surface area contributed by atoms with Crippen LogP contribution in [0.25, 0.3) is 11.1 Å². The lowest BCUT2D eigenvalue weighted by Gasteiger charge is -2.36. The maximum atomic E-state index is 12.8. The van der Waals surface area contributed by atoms with Crippen molar-refractivity contribution >= 4 is 16.2 Å². The maximum absolute atomic E-state index is 12.8. The zero-order chi connectivity index (χ0) is 18.0. The van der Waals surface area contributed by atoms with Gasteiger partial charge in [-0.15, -0.1) is 0 Å². The molecule has 0 spiro atoms. The minimum absolute atomic E-state index is 0.155. The number of piperidine rings is 1. The van der Waals surface area contributed by atoms with E-state index in [-0.39, 0.29) is 12.0 Å². The Kier molecular flexibility index (Phi) is 5.03. The highest BCUT2D eigenvalue weighted by atomic mass is 32.2. The van der Waals surface area contributed by atoms with Crippen LogP contribution in [0.2, 0.25) is 0 Å². The minimum atomic E-state index is -3.54. The molecule has 0 bridgehead atoms. The summed E-state index contributed by atoms with van der Waals surface area (Å²) in [5, 5.41) is 0. The van der Waals surface area contributed by atoms with Gasteiger partial charge in [0.15, 0.2) is 0 Å². The number of aromatic nitrogens is 2. The Morgan fingerprint density at radius 3 is 2.60 bits per heavy atom. The molecule has 1 aromatic carbocycles. The van der Waals surface area contributed by atoms with E-state index in [2.05, 4.69) is 9.97 Å². The Morgan fingerprint density at radius 1 is 1.20 bits per heavy atom. The van der Waals surface area contributed by atoms with Crippen molar-refractivity contribution in [3.05, 3.63) is 42.2 Å². The lowest BCUT2D eigenvalue weighted by molar-refractivity contribution is 0.239. The molecule has 1 fully saturated rings. The molecule has 1 atom stereocenters. The Labute approximate surface area is 148 Å². The van der Waals surface area contributed by atoms with Crippen LogP contribution in [-0.4, -0.2) is 47.6 Å². The van der Waals surface area contributed by atoms with Crippen LogP contribution in [-0.2, 0) is 10.2 Å². The quantitative estimate of drug-likeness (QED) is 0.900. The fraction of sp³-hybridized carbons (Fsp3) is 0.412. The van der Waals surface area contributed by atoms with Gasteiger partial charge in [-0.25, -0.2) is 9.97 Å². The van der Waals surface area contributed by atoms with Crippen LogP contribution in [0.15, 0.2) is 36.5 Å². The van der Waals surface area contributed by atoms with E-state index < -0.39 is 10.2 Å². The van der Waals surface area contributed by atoms with Gasteiger partial charge in [0, 0.05) is 32.4 Å². The van der Waals surface area contributed by atoms with Crippen molar-refractivity contribution < 1.29 is 8.42 Å². The van der Waals surface area contributed by atoms with Crippen LogP contribution in [0.1, 0.15) is 31.0 Å². The van der Waals surface area contributed by atoms with Crippen molar-refractivity contribution in [2.24, 2.45) is 0 Å². The Hall–Kier alpha value is -2.03. The number of anilines is 1. The fourth-order valence-electron chi connectivity index (χ4n) is 3.17. The molecule has 2 aromatic rings. The molecule has 2 heterocycles. The molecule has 1 unspecified atom stereocenters. The summed E-state index contributed by atoms with van der Waals surface area (Å²) in [6.07, 6.45) is 4.18. The van der Waals surface area contributed by atoms with E-state index in [1.807, 2.05) is 30.3 Å². The van der Waals surface area contributed by atoms with Crippen LogP contribution in [0.5, 0.6) is 0 Å². The molecule has 134 valence electrons. The first-order chi connectivity index (χ1) is 11.9. The normalized spacial score (nSPS) is 19.2. The first-order valence-corrected chi connectivity index (χ1v) is 9.68. The molecule has 1 saturated heterocycles. The summed E-state index contributed by atoms with van der Waals surface area (Å²) in [5.41, 5.74) is 8.27. The summed E-state index contributed by atoms with van der Waals surface area (Å²) in [4.78, 5) is 8.56. The number of hydrogen-bond acceptors (Lipinski definition) is 5. The molecule has 0 aliphatic carbocycles. The highest BCUT2D eigenvalue weighted by Crippen LogP contribution is 2.37. The second-order valence-corrected chi connectivity index (χ2v) is 8.40. The molecule has 7 nitrogen and oxygen atoms in total. The van der Waals surface area contributed by atoms with E-state index >= 15 is 0 Å². The predicted molar refractivity (Wildman–Crippen MR) is 97.8 cm³/mol. The smallest absolute Gasteiger partial charge is 0.282 e. The van der Waals surface area contributed by atoms with Gasteiger partial charge in [-0.05, 0) is 18.4 Å². The summed E-state index contributed by atoms with van der Waals surface area (Å²) in [7, 11) is -0.446. The molecule has 25 heavy (non-hydrogen) atoms. The van der Waals surface area contributed by atoms with Crippen LogP contribution in [0.4, 0.5) is 5.95 Å². The maximum Gasteiger partial charge on any atom is 0.282 e. The molecule has 1 aromatic heterocycles.